The molecule has 0 fully saturated rings. The average molecular weight is 360 g/mol. The van der Waals surface area contributed by atoms with Gasteiger partial charge in [-0.3, -0.25) is 9.98 Å². The van der Waals surface area contributed by atoms with E-state index in [0.29, 0.717) is 0 Å². The fourth-order valence-electron chi connectivity index (χ4n) is 2.19. The maximum absolute atomic E-state index is 10.8. The largest absolute Gasteiger partial charge is 0.367 e. The number of aromatic nitrogens is 4. The Labute approximate surface area is 150 Å². The topological polar surface area (TPSA) is 81.5 Å². The number of aryl methyl sites for hydroxylation is 1. The molecule has 0 aliphatic rings. The summed E-state index contributed by atoms with van der Waals surface area (Å²) in [5, 5.41) is 4.13. The molecule has 138 valence electrons. The third kappa shape index (κ3) is 4.81. The van der Waals surface area contributed by atoms with Crippen LogP contribution in [-0.4, -0.2) is 31.7 Å². The van der Waals surface area contributed by atoms with Gasteiger partial charge in [0.15, 0.2) is 0 Å². The molecule has 3 aromatic rings. The Morgan fingerprint density at radius 3 is 2.54 bits per heavy atom. The molecule has 0 bridgehead atoms. The zero-order valence-corrected chi connectivity index (χ0v) is 15.2. The Morgan fingerprint density at radius 2 is 1.96 bits per heavy atom. The second kappa shape index (κ2) is 8.46. The van der Waals surface area contributed by atoms with E-state index in [1.54, 1.807) is 10.7 Å². The van der Waals surface area contributed by atoms with Gasteiger partial charge in [-0.1, -0.05) is 6.92 Å². The highest BCUT2D eigenvalue weighted by molar-refractivity contribution is 5.83. The van der Waals surface area contributed by atoms with Crippen LogP contribution >= 0.6 is 0 Å². The van der Waals surface area contributed by atoms with Crippen molar-refractivity contribution < 1.29 is 8.78 Å². The number of fused-ring (bicyclic) bond motifs is 1. The number of anilines is 1. The summed E-state index contributed by atoms with van der Waals surface area (Å²) >= 11 is 0. The first-order valence-corrected chi connectivity index (χ1v) is 8.19. The van der Waals surface area contributed by atoms with Crippen molar-refractivity contribution in [2.24, 2.45) is 4.99 Å². The van der Waals surface area contributed by atoms with Crippen LogP contribution in [0.15, 0.2) is 35.6 Å². The predicted octanol–water partition coefficient (Wildman–Crippen LogP) is 4.46. The van der Waals surface area contributed by atoms with Crippen LogP contribution in [0.4, 0.5) is 20.4 Å². The Balaban J connectivity index is 0.000000431. The lowest BCUT2D eigenvalue weighted by Gasteiger charge is -2.04. The molecule has 8 heteroatoms. The second-order valence-corrected chi connectivity index (χ2v) is 5.83. The number of aliphatic imine (C=N–C) groups is 1. The van der Waals surface area contributed by atoms with Crippen LogP contribution in [0.2, 0.25) is 0 Å². The van der Waals surface area contributed by atoms with Crippen LogP contribution in [0.1, 0.15) is 32.9 Å². The zero-order valence-electron chi connectivity index (χ0n) is 15.2. The molecule has 0 atom stereocenters. The van der Waals surface area contributed by atoms with Crippen molar-refractivity contribution in [3.63, 3.8) is 0 Å². The van der Waals surface area contributed by atoms with E-state index in [2.05, 4.69) is 20.1 Å². The van der Waals surface area contributed by atoms with Gasteiger partial charge in [0.1, 0.15) is 0 Å². The Bertz CT molecular complexity index is 913. The van der Waals surface area contributed by atoms with Gasteiger partial charge in [0.2, 0.25) is 12.4 Å². The highest BCUT2D eigenvalue weighted by Gasteiger charge is 2.09. The predicted molar refractivity (Wildman–Crippen MR) is 100 cm³/mol. The number of halogens is 2. The van der Waals surface area contributed by atoms with Crippen molar-refractivity contribution in [3.05, 3.63) is 36.3 Å². The minimum atomic E-state index is -2.12. The lowest BCUT2D eigenvalue weighted by Crippen LogP contribution is -1.99. The van der Waals surface area contributed by atoms with Gasteiger partial charge in [-0.15, -0.1) is 5.10 Å². The highest BCUT2D eigenvalue weighted by atomic mass is 19.3. The van der Waals surface area contributed by atoms with Crippen LogP contribution in [0.3, 0.4) is 0 Å². The minimum Gasteiger partial charge on any atom is -0.367 e. The van der Waals surface area contributed by atoms with Crippen molar-refractivity contribution in [1.29, 1.82) is 0 Å². The SMILES string of the molecule is CC(C)=Nc1ccc(-c2ccn3nc(N)ncc23)nc1C.CCC(F)F. The van der Waals surface area contributed by atoms with E-state index >= 15 is 0 Å². The number of pyridine rings is 1. The molecule has 0 spiro atoms. The molecule has 0 unspecified atom stereocenters. The molecule has 0 aliphatic heterocycles. The summed E-state index contributed by atoms with van der Waals surface area (Å²) in [4.78, 5) is 13.1. The van der Waals surface area contributed by atoms with Crippen molar-refractivity contribution in [2.75, 3.05) is 5.73 Å². The summed E-state index contributed by atoms with van der Waals surface area (Å²) in [5.74, 6) is 0.247. The zero-order chi connectivity index (χ0) is 19.3. The smallest absolute Gasteiger partial charge is 0.238 e. The first kappa shape index (κ1) is 19.4. The lowest BCUT2D eigenvalue weighted by molar-refractivity contribution is 0.144. The Hall–Kier alpha value is -2.90. The van der Waals surface area contributed by atoms with Gasteiger partial charge in [-0.05, 0) is 39.0 Å². The molecule has 0 saturated heterocycles. The molecule has 3 heterocycles. The maximum atomic E-state index is 10.8. The van der Waals surface area contributed by atoms with E-state index < -0.39 is 6.43 Å². The van der Waals surface area contributed by atoms with Gasteiger partial charge >= 0.3 is 0 Å². The van der Waals surface area contributed by atoms with Gasteiger partial charge < -0.3 is 5.73 Å². The lowest BCUT2D eigenvalue weighted by atomic mass is 10.1. The first-order chi connectivity index (χ1) is 12.3. The number of hydrogen-bond acceptors (Lipinski definition) is 5. The fourth-order valence-corrected chi connectivity index (χ4v) is 2.19. The summed E-state index contributed by atoms with van der Waals surface area (Å²) in [6.07, 6.45) is 1.41. The van der Waals surface area contributed by atoms with Gasteiger partial charge in [-0.25, -0.2) is 18.3 Å². The summed E-state index contributed by atoms with van der Waals surface area (Å²) in [6.45, 7) is 7.34. The molecule has 0 aromatic carbocycles. The molecule has 26 heavy (non-hydrogen) atoms. The van der Waals surface area contributed by atoms with Crippen molar-refractivity contribution in [3.8, 4) is 11.3 Å². The van der Waals surface area contributed by atoms with Crippen molar-refractivity contribution >= 4 is 22.9 Å². The van der Waals surface area contributed by atoms with Crippen LogP contribution in [0.5, 0.6) is 0 Å². The van der Waals surface area contributed by atoms with E-state index in [0.717, 1.165) is 33.9 Å². The standard InChI is InChI=1S/C15H16N6.C3H6F2/c1-9(2)18-12-4-5-13(19-10(12)3)11-6-7-21-14(11)8-17-15(16)20-21;1-2-3(4)5/h4-8H,1-3H3,(H2,16,20);3H,2H2,1H3. The van der Waals surface area contributed by atoms with E-state index in [9.17, 15) is 8.78 Å². The number of hydrogen-bond donors (Lipinski definition) is 1. The number of alkyl halides is 2. The van der Waals surface area contributed by atoms with Gasteiger partial charge in [0.05, 0.1) is 28.8 Å². The maximum Gasteiger partial charge on any atom is 0.238 e. The Kier molecular flexibility index (Phi) is 6.32. The fraction of sp³-hybridized carbons (Fsp3) is 0.333. The summed E-state index contributed by atoms with van der Waals surface area (Å²) in [5.41, 5.74) is 11.1. The van der Waals surface area contributed by atoms with E-state index in [4.69, 9.17) is 5.73 Å². The van der Waals surface area contributed by atoms with Crippen LogP contribution < -0.4 is 5.73 Å². The van der Waals surface area contributed by atoms with Crippen molar-refractivity contribution in [2.45, 2.75) is 40.5 Å². The molecular weight excluding hydrogens is 338 g/mol. The molecule has 6 nitrogen and oxygen atoms in total. The molecule has 0 amide bonds. The van der Waals surface area contributed by atoms with Crippen LogP contribution in [0.25, 0.3) is 16.8 Å². The Morgan fingerprint density at radius 1 is 1.27 bits per heavy atom. The van der Waals surface area contributed by atoms with E-state index in [1.165, 1.54) is 6.92 Å². The number of rotatable bonds is 3. The number of nitrogens with zero attached hydrogens (tertiary/aromatic N) is 5. The van der Waals surface area contributed by atoms with Crippen molar-refractivity contribution in [1.82, 2.24) is 19.6 Å². The minimum absolute atomic E-state index is 0.0278. The summed E-state index contributed by atoms with van der Waals surface area (Å²) in [7, 11) is 0. The van der Waals surface area contributed by atoms with Gasteiger partial charge in [-0.2, -0.15) is 0 Å². The van der Waals surface area contributed by atoms with E-state index in [-0.39, 0.29) is 12.4 Å². The molecular formula is C18H22F2N6. The van der Waals surface area contributed by atoms with E-state index in [1.807, 2.05) is 45.2 Å². The van der Waals surface area contributed by atoms with Crippen LogP contribution in [-0.2, 0) is 0 Å². The first-order valence-electron chi connectivity index (χ1n) is 8.19. The van der Waals surface area contributed by atoms with Gasteiger partial charge in [0, 0.05) is 23.9 Å². The molecule has 3 rings (SSSR count). The summed E-state index contributed by atoms with van der Waals surface area (Å²) < 4.78 is 23.2. The highest BCUT2D eigenvalue weighted by Crippen LogP contribution is 2.27. The third-order valence-corrected chi connectivity index (χ3v) is 3.42. The monoisotopic (exact) mass is 360 g/mol. The molecule has 0 aliphatic carbocycles. The van der Waals surface area contributed by atoms with Gasteiger partial charge in [0.25, 0.3) is 0 Å². The molecule has 2 N–H and O–H groups in total. The molecule has 0 saturated carbocycles. The number of nitrogen functional groups attached to an aromatic ring is 1. The average Bonchev–Trinajstić information content (AvgIpc) is 2.99. The van der Waals surface area contributed by atoms with Crippen LogP contribution in [0, 0.1) is 6.92 Å². The molecule has 0 radical (unpaired) electrons. The third-order valence-electron chi connectivity index (χ3n) is 3.42. The quantitative estimate of drug-likeness (QED) is 0.699. The normalized spacial score (nSPS) is 10.6. The number of nitrogens with two attached hydrogens (primary N) is 1. The molecule has 3 aromatic heterocycles. The summed E-state index contributed by atoms with van der Waals surface area (Å²) in [6, 6.07) is 5.89. The second-order valence-electron chi connectivity index (χ2n) is 5.83.